The highest BCUT2D eigenvalue weighted by Gasteiger charge is 2.32. The predicted molar refractivity (Wildman–Crippen MR) is 128 cm³/mol. The van der Waals surface area contributed by atoms with Crippen molar-refractivity contribution in [3.63, 3.8) is 0 Å². The van der Waals surface area contributed by atoms with Gasteiger partial charge in [-0.25, -0.2) is 13.4 Å². The number of para-hydroxylation sites is 2. The third-order valence-electron chi connectivity index (χ3n) is 6.07. The number of carbonyl (C=O) groups is 1. The van der Waals surface area contributed by atoms with E-state index in [0.717, 1.165) is 16.7 Å². The molecule has 4 aromatic rings. The molecule has 33 heavy (non-hydrogen) atoms. The average molecular weight is 461 g/mol. The summed E-state index contributed by atoms with van der Waals surface area (Å²) in [7, 11) is -3.52. The van der Waals surface area contributed by atoms with Crippen molar-refractivity contribution in [1.82, 2.24) is 13.9 Å². The number of benzene rings is 3. The standard InChI is InChI=1S/C25H24N4O3S/c30-25(19-14-16-28(17-15-19)33(31,32)22-6-2-1-3-7-22)27-20-10-12-21(13-11-20)29-18-26-23-8-4-5-9-24(23)29/h1-13,18-19H,14-17H2,(H,27,30). The molecule has 1 fully saturated rings. The van der Waals surface area contributed by atoms with Crippen molar-refractivity contribution in [3.8, 4) is 5.69 Å². The van der Waals surface area contributed by atoms with Crippen molar-refractivity contribution in [2.24, 2.45) is 5.92 Å². The summed E-state index contributed by atoms with van der Waals surface area (Å²) in [5.74, 6) is -0.294. The lowest BCUT2D eigenvalue weighted by molar-refractivity contribution is -0.120. The number of carbonyl (C=O) groups excluding carboxylic acids is 1. The van der Waals surface area contributed by atoms with E-state index in [2.05, 4.69) is 10.3 Å². The van der Waals surface area contributed by atoms with Crippen molar-refractivity contribution in [3.05, 3.63) is 85.2 Å². The molecule has 0 atom stereocenters. The first kappa shape index (κ1) is 21.4. The van der Waals surface area contributed by atoms with Gasteiger partial charge in [-0.05, 0) is 61.4 Å². The highest BCUT2D eigenvalue weighted by Crippen LogP contribution is 2.25. The summed E-state index contributed by atoms with van der Waals surface area (Å²) < 4.78 is 29.0. The van der Waals surface area contributed by atoms with Gasteiger partial charge in [0.1, 0.15) is 6.33 Å². The van der Waals surface area contributed by atoms with Crippen LogP contribution in [-0.2, 0) is 14.8 Å². The number of anilines is 1. The van der Waals surface area contributed by atoms with Gasteiger partial charge in [-0.3, -0.25) is 9.36 Å². The first-order chi connectivity index (χ1) is 16.0. The van der Waals surface area contributed by atoms with Gasteiger partial charge in [-0.15, -0.1) is 0 Å². The maximum atomic E-state index is 12.8. The quantitative estimate of drug-likeness (QED) is 0.487. The van der Waals surface area contributed by atoms with Gasteiger partial charge in [-0.1, -0.05) is 30.3 Å². The second-order valence-electron chi connectivity index (χ2n) is 8.13. The van der Waals surface area contributed by atoms with Gasteiger partial charge in [0.2, 0.25) is 15.9 Å². The van der Waals surface area contributed by atoms with E-state index in [-0.39, 0.29) is 11.8 Å². The number of amides is 1. The Morgan fingerprint density at radius 2 is 1.55 bits per heavy atom. The molecular weight excluding hydrogens is 436 g/mol. The molecule has 0 bridgehead atoms. The van der Waals surface area contributed by atoms with E-state index in [0.29, 0.717) is 36.5 Å². The fourth-order valence-electron chi connectivity index (χ4n) is 4.21. The maximum Gasteiger partial charge on any atom is 0.243 e. The minimum Gasteiger partial charge on any atom is -0.326 e. The van der Waals surface area contributed by atoms with Gasteiger partial charge in [-0.2, -0.15) is 4.31 Å². The molecule has 1 aliphatic heterocycles. The Bertz CT molecular complexity index is 1370. The van der Waals surface area contributed by atoms with E-state index >= 15 is 0 Å². The van der Waals surface area contributed by atoms with Gasteiger partial charge in [0.05, 0.1) is 15.9 Å². The number of aromatic nitrogens is 2. The summed E-state index contributed by atoms with van der Waals surface area (Å²) >= 11 is 0. The Kier molecular flexibility index (Phi) is 5.70. The van der Waals surface area contributed by atoms with Crippen LogP contribution in [0.4, 0.5) is 5.69 Å². The van der Waals surface area contributed by atoms with E-state index in [4.69, 9.17) is 0 Å². The molecule has 1 N–H and O–H groups in total. The molecule has 0 unspecified atom stereocenters. The van der Waals surface area contributed by atoms with Crippen molar-refractivity contribution >= 4 is 32.7 Å². The smallest absolute Gasteiger partial charge is 0.243 e. The zero-order chi connectivity index (χ0) is 22.8. The Morgan fingerprint density at radius 3 is 2.27 bits per heavy atom. The molecule has 0 saturated carbocycles. The van der Waals surface area contributed by atoms with E-state index in [1.807, 2.05) is 53.1 Å². The first-order valence-corrected chi connectivity index (χ1v) is 12.3. The first-order valence-electron chi connectivity index (χ1n) is 10.9. The van der Waals surface area contributed by atoms with Crippen molar-refractivity contribution < 1.29 is 13.2 Å². The largest absolute Gasteiger partial charge is 0.326 e. The Balaban J connectivity index is 1.21. The zero-order valence-electron chi connectivity index (χ0n) is 18.0. The number of rotatable bonds is 5. The van der Waals surface area contributed by atoms with Crippen LogP contribution < -0.4 is 5.32 Å². The highest BCUT2D eigenvalue weighted by atomic mass is 32.2. The maximum absolute atomic E-state index is 12.8. The fraction of sp³-hybridized carbons (Fsp3) is 0.200. The summed E-state index contributed by atoms with van der Waals surface area (Å²) in [5, 5.41) is 2.97. The minimum absolute atomic E-state index is 0.0763. The topological polar surface area (TPSA) is 84.3 Å². The molecule has 0 radical (unpaired) electrons. The van der Waals surface area contributed by atoms with E-state index < -0.39 is 10.0 Å². The minimum atomic E-state index is -3.52. The Morgan fingerprint density at radius 1 is 0.879 bits per heavy atom. The molecule has 1 saturated heterocycles. The van der Waals surface area contributed by atoms with Crippen LogP contribution in [0.1, 0.15) is 12.8 Å². The highest BCUT2D eigenvalue weighted by molar-refractivity contribution is 7.89. The summed E-state index contributed by atoms with van der Waals surface area (Å²) in [6, 6.07) is 24.0. The second kappa shape index (κ2) is 8.80. The van der Waals surface area contributed by atoms with Crippen LogP contribution >= 0.6 is 0 Å². The lowest BCUT2D eigenvalue weighted by atomic mass is 9.97. The monoisotopic (exact) mass is 460 g/mol. The van der Waals surface area contributed by atoms with Crippen LogP contribution in [0.3, 0.4) is 0 Å². The third kappa shape index (κ3) is 4.27. The second-order valence-corrected chi connectivity index (χ2v) is 10.1. The summed E-state index contributed by atoms with van der Waals surface area (Å²) in [6.45, 7) is 0.671. The van der Waals surface area contributed by atoms with Gasteiger partial charge in [0, 0.05) is 30.4 Å². The fourth-order valence-corrected chi connectivity index (χ4v) is 5.71. The molecule has 1 aliphatic rings. The Hall–Kier alpha value is -3.49. The van der Waals surface area contributed by atoms with E-state index in [1.54, 1.807) is 36.7 Å². The lowest BCUT2D eigenvalue weighted by Crippen LogP contribution is -2.41. The molecule has 5 rings (SSSR count). The molecule has 3 aromatic carbocycles. The molecule has 0 aliphatic carbocycles. The number of hydrogen-bond acceptors (Lipinski definition) is 4. The predicted octanol–water partition coefficient (Wildman–Crippen LogP) is 4.06. The molecule has 8 heteroatoms. The number of hydrogen-bond donors (Lipinski definition) is 1. The van der Waals surface area contributed by atoms with Crippen LogP contribution in [-0.4, -0.2) is 41.3 Å². The van der Waals surface area contributed by atoms with Crippen LogP contribution in [0, 0.1) is 5.92 Å². The van der Waals surface area contributed by atoms with Crippen molar-refractivity contribution in [1.29, 1.82) is 0 Å². The lowest BCUT2D eigenvalue weighted by Gasteiger charge is -2.30. The normalized spacial score (nSPS) is 15.5. The van der Waals surface area contributed by atoms with E-state index in [9.17, 15) is 13.2 Å². The zero-order valence-corrected chi connectivity index (χ0v) is 18.8. The number of sulfonamides is 1. The number of nitrogens with one attached hydrogen (secondary N) is 1. The van der Waals surface area contributed by atoms with Crippen LogP contribution in [0.15, 0.2) is 90.1 Å². The van der Waals surface area contributed by atoms with Crippen molar-refractivity contribution in [2.45, 2.75) is 17.7 Å². The third-order valence-corrected chi connectivity index (χ3v) is 7.99. The van der Waals surface area contributed by atoms with Gasteiger partial charge >= 0.3 is 0 Å². The summed E-state index contributed by atoms with van der Waals surface area (Å²) in [6.07, 6.45) is 2.78. The molecule has 0 spiro atoms. The van der Waals surface area contributed by atoms with Gasteiger partial charge in [0.25, 0.3) is 0 Å². The molecule has 7 nitrogen and oxygen atoms in total. The average Bonchev–Trinajstić information content (AvgIpc) is 3.29. The molecule has 1 amide bonds. The SMILES string of the molecule is O=C(Nc1ccc(-n2cnc3ccccc32)cc1)C1CCN(S(=O)(=O)c2ccccc2)CC1. The van der Waals surface area contributed by atoms with Crippen LogP contribution in [0.2, 0.25) is 0 Å². The number of nitrogens with zero attached hydrogens (tertiary/aromatic N) is 3. The summed E-state index contributed by atoms with van der Waals surface area (Å²) in [5.41, 5.74) is 3.62. The molecular formula is C25H24N4O3S. The number of fused-ring (bicyclic) bond motifs is 1. The molecule has 2 heterocycles. The molecule has 168 valence electrons. The number of piperidine rings is 1. The van der Waals surface area contributed by atoms with Gasteiger partial charge < -0.3 is 5.32 Å². The van der Waals surface area contributed by atoms with Gasteiger partial charge in [0.15, 0.2) is 0 Å². The van der Waals surface area contributed by atoms with Crippen LogP contribution in [0.5, 0.6) is 0 Å². The Labute approximate surface area is 192 Å². The van der Waals surface area contributed by atoms with Crippen molar-refractivity contribution in [2.75, 3.05) is 18.4 Å². The molecule has 1 aromatic heterocycles. The summed E-state index contributed by atoms with van der Waals surface area (Å²) in [4.78, 5) is 17.5. The van der Waals surface area contributed by atoms with Crippen LogP contribution in [0.25, 0.3) is 16.7 Å². The number of imidazole rings is 1. The van der Waals surface area contributed by atoms with E-state index in [1.165, 1.54) is 4.31 Å².